The Kier molecular flexibility index (Phi) is 5.23. The van der Waals surface area contributed by atoms with Crippen LogP contribution < -0.4 is 10.9 Å². The van der Waals surface area contributed by atoms with Crippen molar-refractivity contribution in [1.29, 1.82) is 0 Å². The van der Waals surface area contributed by atoms with Gasteiger partial charge in [-0.1, -0.05) is 25.1 Å². The topological polar surface area (TPSA) is 106 Å². The van der Waals surface area contributed by atoms with Crippen LogP contribution in [0.1, 0.15) is 17.3 Å². The van der Waals surface area contributed by atoms with Crippen molar-refractivity contribution in [2.24, 2.45) is 0 Å². The van der Waals surface area contributed by atoms with Gasteiger partial charge in [-0.3, -0.25) is 10.1 Å². The third-order valence-electron chi connectivity index (χ3n) is 4.50. The number of sulfone groups is 1. The number of nitrogens with one attached hydrogen (secondary N) is 1. The van der Waals surface area contributed by atoms with Crippen LogP contribution in [-0.2, 0) is 9.84 Å². The summed E-state index contributed by atoms with van der Waals surface area (Å²) in [5.41, 5.74) is 0.985. The maximum Gasteiger partial charge on any atom is 0.345 e. The van der Waals surface area contributed by atoms with Gasteiger partial charge in [-0.05, 0) is 36.4 Å². The van der Waals surface area contributed by atoms with Crippen molar-refractivity contribution in [3.63, 3.8) is 0 Å². The van der Waals surface area contributed by atoms with E-state index in [1.165, 1.54) is 35.6 Å². The lowest BCUT2D eigenvalue weighted by Crippen LogP contribution is -2.12. The van der Waals surface area contributed by atoms with E-state index in [9.17, 15) is 18.0 Å². The highest BCUT2D eigenvalue weighted by Crippen LogP contribution is 2.25. The number of carbonyl (C=O) groups excluding carboxylic acids is 1. The summed E-state index contributed by atoms with van der Waals surface area (Å²) in [6.45, 7) is 1.56. The second-order valence-corrected chi connectivity index (χ2v) is 9.54. The second-order valence-electron chi connectivity index (χ2n) is 6.41. The van der Waals surface area contributed by atoms with Crippen molar-refractivity contribution in [2.45, 2.75) is 11.8 Å². The van der Waals surface area contributed by atoms with Gasteiger partial charge in [-0.15, -0.1) is 11.3 Å². The Morgan fingerprint density at radius 2 is 1.87 bits per heavy atom. The van der Waals surface area contributed by atoms with Gasteiger partial charge in [0, 0.05) is 16.3 Å². The number of fused-ring (bicyclic) bond motifs is 1. The number of para-hydroxylation sites is 1. The minimum Gasteiger partial charge on any atom is -0.422 e. The molecule has 0 fully saturated rings. The predicted octanol–water partition coefficient (Wildman–Crippen LogP) is 3.96. The molecule has 4 rings (SSSR count). The van der Waals surface area contributed by atoms with Crippen molar-refractivity contribution in [3.05, 3.63) is 76.0 Å². The third-order valence-corrected chi connectivity index (χ3v) is 7.01. The Hall–Kier alpha value is -3.30. The summed E-state index contributed by atoms with van der Waals surface area (Å²) in [5.74, 6) is -0.440. The molecule has 0 unspecified atom stereocenters. The number of hydrogen-bond donors (Lipinski definition) is 1. The lowest BCUT2D eigenvalue weighted by Gasteiger charge is -2.04. The number of thiazole rings is 1. The summed E-state index contributed by atoms with van der Waals surface area (Å²) in [6.07, 6.45) is 0. The van der Waals surface area contributed by atoms with E-state index in [1.807, 2.05) is 12.1 Å². The second kappa shape index (κ2) is 7.85. The number of benzene rings is 2. The Morgan fingerprint density at radius 1 is 1.13 bits per heavy atom. The van der Waals surface area contributed by atoms with E-state index >= 15 is 0 Å². The van der Waals surface area contributed by atoms with Crippen molar-refractivity contribution in [1.82, 2.24) is 4.98 Å². The van der Waals surface area contributed by atoms with E-state index in [2.05, 4.69) is 10.3 Å². The molecule has 7 nitrogen and oxygen atoms in total. The molecule has 9 heteroatoms. The van der Waals surface area contributed by atoms with Gasteiger partial charge in [-0.25, -0.2) is 18.2 Å². The van der Waals surface area contributed by atoms with E-state index in [4.69, 9.17) is 4.42 Å². The average Bonchev–Trinajstić information content (AvgIpc) is 3.21. The molecule has 1 amide bonds. The molecule has 0 saturated carbocycles. The minimum atomic E-state index is -3.33. The number of hydrogen-bond acceptors (Lipinski definition) is 7. The van der Waals surface area contributed by atoms with Crippen LogP contribution in [0.2, 0.25) is 0 Å². The Labute approximate surface area is 175 Å². The molecule has 152 valence electrons. The molecule has 0 atom stereocenters. The molecule has 4 aromatic rings. The van der Waals surface area contributed by atoms with Crippen LogP contribution >= 0.6 is 11.3 Å². The molecular weight excluding hydrogens is 424 g/mol. The lowest BCUT2D eigenvalue weighted by atomic mass is 10.1. The van der Waals surface area contributed by atoms with Gasteiger partial charge < -0.3 is 4.42 Å². The number of rotatable bonds is 5. The molecule has 0 aliphatic carbocycles. The highest BCUT2D eigenvalue weighted by atomic mass is 32.2. The van der Waals surface area contributed by atoms with E-state index in [-0.39, 0.29) is 10.6 Å². The first kappa shape index (κ1) is 20.0. The zero-order valence-corrected chi connectivity index (χ0v) is 17.4. The predicted molar refractivity (Wildman–Crippen MR) is 116 cm³/mol. The van der Waals surface area contributed by atoms with Crippen LogP contribution in [0, 0.1) is 0 Å². The molecule has 2 aromatic heterocycles. The lowest BCUT2D eigenvalue weighted by molar-refractivity contribution is 0.102. The number of anilines is 1. The summed E-state index contributed by atoms with van der Waals surface area (Å²) < 4.78 is 29.1. The normalized spacial score (nSPS) is 11.5. The van der Waals surface area contributed by atoms with E-state index in [0.717, 1.165) is 5.39 Å². The van der Waals surface area contributed by atoms with E-state index in [0.29, 0.717) is 27.5 Å². The zero-order valence-electron chi connectivity index (χ0n) is 15.8. The van der Waals surface area contributed by atoms with Crippen molar-refractivity contribution in [3.8, 4) is 11.3 Å². The SMILES string of the molecule is CCS(=O)(=O)c1ccc(C(=O)Nc2nc(-c3cc4ccccc4oc3=O)cs2)cc1. The molecule has 0 aliphatic heterocycles. The van der Waals surface area contributed by atoms with Crippen LogP contribution in [0.5, 0.6) is 0 Å². The van der Waals surface area contributed by atoms with E-state index in [1.54, 1.807) is 30.5 Å². The molecule has 0 bridgehead atoms. The summed E-state index contributed by atoms with van der Waals surface area (Å²) in [4.78, 5) is 29.2. The molecule has 30 heavy (non-hydrogen) atoms. The Balaban J connectivity index is 1.56. The largest absolute Gasteiger partial charge is 0.422 e. The van der Waals surface area contributed by atoms with Gasteiger partial charge in [0.15, 0.2) is 15.0 Å². The van der Waals surface area contributed by atoms with Crippen LogP contribution in [0.15, 0.2) is 74.1 Å². The van der Waals surface area contributed by atoms with Crippen molar-refractivity contribution >= 4 is 43.2 Å². The quantitative estimate of drug-likeness (QED) is 0.471. The van der Waals surface area contributed by atoms with Crippen LogP contribution in [0.3, 0.4) is 0 Å². The highest BCUT2D eigenvalue weighted by Gasteiger charge is 2.15. The molecule has 2 aromatic carbocycles. The molecular formula is C21H16N2O5S2. The summed E-state index contributed by atoms with van der Waals surface area (Å²) in [7, 11) is -3.33. The van der Waals surface area contributed by atoms with Gasteiger partial charge in [-0.2, -0.15) is 0 Å². The standard InChI is InChI=1S/C21H16N2O5S2/c1-2-30(26,27)15-9-7-13(8-10-15)19(24)23-21-22-17(12-29-21)16-11-14-5-3-4-6-18(14)28-20(16)25/h3-12H,2H2,1H3,(H,22,23,24). The van der Waals surface area contributed by atoms with Gasteiger partial charge in [0.2, 0.25) is 0 Å². The highest BCUT2D eigenvalue weighted by molar-refractivity contribution is 7.91. The fraction of sp³-hybridized carbons (Fsp3) is 0.0952. The average molecular weight is 441 g/mol. The smallest absolute Gasteiger partial charge is 0.345 e. The van der Waals surface area contributed by atoms with Gasteiger partial charge in [0.05, 0.1) is 21.9 Å². The van der Waals surface area contributed by atoms with E-state index < -0.39 is 21.4 Å². The maximum atomic E-state index is 12.5. The fourth-order valence-electron chi connectivity index (χ4n) is 2.84. The molecule has 0 aliphatic rings. The summed E-state index contributed by atoms with van der Waals surface area (Å²) in [5, 5.41) is 5.41. The van der Waals surface area contributed by atoms with Crippen molar-refractivity contribution in [2.75, 3.05) is 11.1 Å². The Bertz CT molecular complexity index is 1400. The summed E-state index contributed by atoms with van der Waals surface area (Å²) in [6, 6.07) is 14.6. The monoisotopic (exact) mass is 440 g/mol. The maximum absolute atomic E-state index is 12.5. The first-order valence-corrected chi connectivity index (χ1v) is 11.5. The van der Waals surface area contributed by atoms with Gasteiger partial charge in [0.25, 0.3) is 5.91 Å². The molecule has 2 heterocycles. The first-order chi connectivity index (χ1) is 14.4. The van der Waals surface area contributed by atoms with Crippen LogP contribution in [0.4, 0.5) is 5.13 Å². The van der Waals surface area contributed by atoms with Crippen LogP contribution in [0.25, 0.3) is 22.2 Å². The van der Waals surface area contributed by atoms with Crippen LogP contribution in [-0.4, -0.2) is 25.1 Å². The summed E-state index contributed by atoms with van der Waals surface area (Å²) >= 11 is 1.17. The number of nitrogens with zero attached hydrogens (tertiary/aromatic N) is 1. The number of carbonyl (C=O) groups is 1. The van der Waals surface area contributed by atoms with Crippen molar-refractivity contribution < 1.29 is 17.6 Å². The zero-order chi connectivity index (χ0) is 21.3. The third kappa shape index (κ3) is 3.89. The first-order valence-electron chi connectivity index (χ1n) is 9.00. The number of aromatic nitrogens is 1. The number of amides is 1. The van der Waals surface area contributed by atoms with Gasteiger partial charge >= 0.3 is 5.63 Å². The molecule has 0 radical (unpaired) electrons. The van der Waals surface area contributed by atoms with Gasteiger partial charge in [0.1, 0.15) is 5.58 Å². The molecule has 0 saturated heterocycles. The molecule has 0 spiro atoms. The molecule has 1 N–H and O–H groups in total. The minimum absolute atomic E-state index is 0.0107. The Morgan fingerprint density at radius 3 is 2.60 bits per heavy atom. The fourth-order valence-corrected chi connectivity index (χ4v) is 4.43.